The molecule has 4 nitrogen and oxygen atoms in total. The lowest BCUT2D eigenvalue weighted by Crippen LogP contribution is -2.06. The fourth-order valence-electron chi connectivity index (χ4n) is 1.69. The average molecular weight is 216 g/mol. The number of rotatable bonds is 3. The molecule has 1 aromatic heterocycles. The van der Waals surface area contributed by atoms with Crippen LogP contribution in [-0.4, -0.2) is 14.8 Å². The fourth-order valence-corrected chi connectivity index (χ4v) is 1.69. The van der Waals surface area contributed by atoms with Crippen LogP contribution in [0.4, 0.5) is 5.69 Å². The summed E-state index contributed by atoms with van der Waals surface area (Å²) in [4.78, 5) is 0. The lowest BCUT2D eigenvalue weighted by molar-refractivity contribution is 0.525. The summed E-state index contributed by atoms with van der Waals surface area (Å²) in [5, 5.41) is 8.08. The molecule has 1 heterocycles. The van der Waals surface area contributed by atoms with Gasteiger partial charge in [-0.1, -0.05) is 26.0 Å². The van der Waals surface area contributed by atoms with Crippen molar-refractivity contribution in [3.05, 3.63) is 30.6 Å². The molecule has 0 unspecified atom stereocenters. The molecule has 2 aromatic rings. The van der Waals surface area contributed by atoms with E-state index in [1.807, 2.05) is 28.8 Å². The topological polar surface area (TPSA) is 56.7 Å². The lowest BCUT2D eigenvalue weighted by Gasteiger charge is -2.10. The highest BCUT2D eigenvalue weighted by Gasteiger charge is 2.10. The second-order valence-electron chi connectivity index (χ2n) is 4.29. The molecule has 0 radical (unpaired) electrons. The van der Waals surface area contributed by atoms with Crippen LogP contribution in [0.3, 0.4) is 0 Å². The van der Waals surface area contributed by atoms with Crippen LogP contribution in [0.25, 0.3) is 11.4 Å². The Kier molecular flexibility index (Phi) is 2.90. The van der Waals surface area contributed by atoms with Crippen molar-refractivity contribution in [3.63, 3.8) is 0 Å². The largest absolute Gasteiger partial charge is 0.398 e. The summed E-state index contributed by atoms with van der Waals surface area (Å²) in [6.07, 6.45) is 1.75. The number of anilines is 1. The van der Waals surface area contributed by atoms with Crippen molar-refractivity contribution >= 4 is 5.69 Å². The number of nitrogens with two attached hydrogens (primary N) is 1. The van der Waals surface area contributed by atoms with E-state index in [9.17, 15) is 0 Å². The molecule has 0 aliphatic carbocycles. The molecule has 0 saturated heterocycles. The maximum Gasteiger partial charge on any atom is 0.165 e. The van der Waals surface area contributed by atoms with Gasteiger partial charge in [0.25, 0.3) is 0 Å². The average Bonchev–Trinajstić information content (AvgIpc) is 2.66. The van der Waals surface area contributed by atoms with Crippen LogP contribution >= 0.6 is 0 Å². The third kappa shape index (κ3) is 2.05. The van der Waals surface area contributed by atoms with Gasteiger partial charge in [0.1, 0.15) is 6.33 Å². The van der Waals surface area contributed by atoms with Gasteiger partial charge in [0.05, 0.1) is 0 Å². The van der Waals surface area contributed by atoms with E-state index in [-0.39, 0.29) is 0 Å². The summed E-state index contributed by atoms with van der Waals surface area (Å²) in [5.74, 6) is 1.39. The van der Waals surface area contributed by atoms with Gasteiger partial charge in [-0.3, -0.25) is 0 Å². The first kappa shape index (κ1) is 10.7. The molecular formula is C12H16N4. The van der Waals surface area contributed by atoms with Crippen LogP contribution in [0.1, 0.15) is 13.8 Å². The maximum absolute atomic E-state index is 5.93. The van der Waals surface area contributed by atoms with Gasteiger partial charge < -0.3 is 10.3 Å². The van der Waals surface area contributed by atoms with E-state index in [0.29, 0.717) is 5.92 Å². The predicted molar refractivity (Wildman–Crippen MR) is 64.7 cm³/mol. The van der Waals surface area contributed by atoms with Gasteiger partial charge in [-0.15, -0.1) is 10.2 Å². The van der Waals surface area contributed by atoms with E-state index >= 15 is 0 Å². The molecule has 0 aliphatic rings. The Bertz CT molecular complexity index is 473. The number of hydrogen-bond donors (Lipinski definition) is 1. The highest BCUT2D eigenvalue weighted by molar-refractivity contribution is 5.71. The monoisotopic (exact) mass is 216 g/mol. The van der Waals surface area contributed by atoms with E-state index in [0.717, 1.165) is 23.6 Å². The Balaban J connectivity index is 2.41. The maximum atomic E-state index is 5.93. The molecule has 0 amide bonds. The van der Waals surface area contributed by atoms with Crippen molar-refractivity contribution in [1.82, 2.24) is 14.8 Å². The zero-order valence-electron chi connectivity index (χ0n) is 9.59. The molecule has 4 heteroatoms. The third-order valence-corrected chi connectivity index (χ3v) is 2.38. The molecule has 0 fully saturated rings. The standard InChI is InChI=1S/C12H16N4/c1-9(2)7-16-8-14-15-12(16)10-5-3-4-6-11(10)13/h3-6,8-9H,7,13H2,1-2H3. The zero-order chi connectivity index (χ0) is 11.5. The first-order chi connectivity index (χ1) is 7.68. The molecular weight excluding hydrogens is 200 g/mol. The van der Waals surface area contributed by atoms with E-state index < -0.39 is 0 Å². The van der Waals surface area contributed by atoms with Crippen molar-refractivity contribution in [3.8, 4) is 11.4 Å². The van der Waals surface area contributed by atoms with Crippen molar-refractivity contribution in [2.75, 3.05) is 5.73 Å². The smallest absolute Gasteiger partial charge is 0.165 e. The molecule has 0 spiro atoms. The Labute approximate surface area is 95.1 Å². The van der Waals surface area contributed by atoms with Crippen molar-refractivity contribution in [2.45, 2.75) is 20.4 Å². The lowest BCUT2D eigenvalue weighted by atomic mass is 10.1. The van der Waals surface area contributed by atoms with Gasteiger partial charge in [0.2, 0.25) is 0 Å². The molecule has 0 atom stereocenters. The minimum absolute atomic E-state index is 0.555. The molecule has 0 aliphatic heterocycles. The second kappa shape index (κ2) is 4.35. The van der Waals surface area contributed by atoms with E-state index in [4.69, 9.17) is 5.73 Å². The van der Waals surface area contributed by atoms with Gasteiger partial charge in [-0.2, -0.15) is 0 Å². The Morgan fingerprint density at radius 2 is 2.06 bits per heavy atom. The summed E-state index contributed by atoms with van der Waals surface area (Å²) >= 11 is 0. The first-order valence-electron chi connectivity index (χ1n) is 5.41. The fraction of sp³-hybridized carbons (Fsp3) is 0.333. The van der Waals surface area contributed by atoms with Gasteiger partial charge >= 0.3 is 0 Å². The molecule has 2 N–H and O–H groups in total. The highest BCUT2D eigenvalue weighted by atomic mass is 15.3. The number of benzene rings is 1. The highest BCUT2D eigenvalue weighted by Crippen LogP contribution is 2.23. The number of aromatic nitrogens is 3. The van der Waals surface area contributed by atoms with Gasteiger partial charge in [-0.25, -0.2) is 0 Å². The minimum Gasteiger partial charge on any atom is -0.398 e. The Morgan fingerprint density at radius 1 is 1.31 bits per heavy atom. The van der Waals surface area contributed by atoms with Crippen LogP contribution in [-0.2, 0) is 6.54 Å². The zero-order valence-corrected chi connectivity index (χ0v) is 9.59. The van der Waals surface area contributed by atoms with Crippen LogP contribution in [0.5, 0.6) is 0 Å². The Hall–Kier alpha value is -1.84. The quantitative estimate of drug-likeness (QED) is 0.800. The Morgan fingerprint density at radius 3 is 2.75 bits per heavy atom. The molecule has 0 saturated carbocycles. The van der Waals surface area contributed by atoms with Crippen LogP contribution in [0, 0.1) is 5.92 Å². The molecule has 0 bridgehead atoms. The van der Waals surface area contributed by atoms with Crippen LogP contribution in [0.2, 0.25) is 0 Å². The normalized spacial score (nSPS) is 10.9. The van der Waals surface area contributed by atoms with Crippen molar-refractivity contribution in [1.29, 1.82) is 0 Å². The summed E-state index contributed by atoms with van der Waals surface area (Å²) in [6, 6.07) is 7.72. The van der Waals surface area contributed by atoms with Gasteiger partial charge in [0.15, 0.2) is 5.82 Å². The van der Waals surface area contributed by atoms with Crippen LogP contribution < -0.4 is 5.73 Å². The van der Waals surface area contributed by atoms with Crippen molar-refractivity contribution in [2.24, 2.45) is 5.92 Å². The number of hydrogen-bond acceptors (Lipinski definition) is 3. The summed E-state index contributed by atoms with van der Waals surface area (Å²) in [7, 11) is 0. The van der Waals surface area contributed by atoms with Crippen LogP contribution in [0.15, 0.2) is 30.6 Å². The summed E-state index contributed by atoms with van der Waals surface area (Å²) in [5.41, 5.74) is 7.61. The first-order valence-corrected chi connectivity index (χ1v) is 5.41. The van der Waals surface area contributed by atoms with Gasteiger partial charge in [-0.05, 0) is 18.1 Å². The predicted octanol–water partition coefficient (Wildman–Crippen LogP) is 2.18. The summed E-state index contributed by atoms with van der Waals surface area (Å²) in [6.45, 7) is 5.23. The number of nitrogens with zero attached hydrogens (tertiary/aromatic N) is 3. The molecule has 1 aromatic carbocycles. The molecule has 16 heavy (non-hydrogen) atoms. The molecule has 84 valence electrons. The summed E-state index contributed by atoms with van der Waals surface area (Å²) < 4.78 is 2.04. The number of para-hydroxylation sites is 1. The van der Waals surface area contributed by atoms with E-state index in [1.165, 1.54) is 0 Å². The SMILES string of the molecule is CC(C)Cn1cnnc1-c1ccccc1N. The third-order valence-electron chi connectivity index (χ3n) is 2.38. The van der Waals surface area contributed by atoms with Gasteiger partial charge in [0, 0.05) is 17.8 Å². The van der Waals surface area contributed by atoms with E-state index in [2.05, 4.69) is 24.0 Å². The molecule has 2 rings (SSSR count). The van der Waals surface area contributed by atoms with Crippen molar-refractivity contribution < 1.29 is 0 Å². The number of nitrogen functional groups attached to an aromatic ring is 1. The second-order valence-corrected chi connectivity index (χ2v) is 4.29. The minimum atomic E-state index is 0.555. The van der Waals surface area contributed by atoms with E-state index in [1.54, 1.807) is 6.33 Å².